The lowest BCUT2D eigenvalue weighted by Crippen LogP contribution is -2.47. The second kappa shape index (κ2) is 16.4. The third kappa shape index (κ3) is 9.76. The van der Waals surface area contributed by atoms with E-state index < -0.39 is 30.4 Å². The van der Waals surface area contributed by atoms with Crippen LogP contribution in [0.2, 0.25) is 0 Å². The number of aliphatic hydroxyl groups excluding tert-OH is 2. The molecule has 2 fully saturated rings. The Hall–Kier alpha value is -2.99. The Morgan fingerprint density at radius 2 is 1.80 bits per heavy atom. The first kappa shape index (κ1) is 33.9. The fraction of sp³-hybridized carbons (Fsp3) is 0.636. The number of esters is 1. The Balaban J connectivity index is 1.54. The van der Waals surface area contributed by atoms with Crippen LogP contribution in [0.3, 0.4) is 0 Å². The predicted molar refractivity (Wildman–Crippen MR) is 166 cm³/mol. The lowest BCUT2D eigenvalue weighted by Gasteiger charge is -2.36. The number of rotatable bonds is 6. The van der Waals surface area contributed by atoms with Gasteiger partial charge in [0.05, 0.1) is 32.3 Å². The van der Waals surface area contributed by atoms with Crippen molar-refractivity contribution >= 4 is 23.8 Å². The van der Waals surface area contributed by atoms with E-state index in [4.69, 9.17) is 14.2 Å². The molecule has 2 saturated heterocycles. The zero-order valence-corrected chi connectivity index (χ0v) is 26.2. The molecule has 0 aliphatic carbocycles. The zero-order chi connectivity index (χ0) is 31.6. The third-order valence-corrected chi connectivity index (χ3v) is 8.67. The van der Waals surface area contributed by atoms with Gasteiger partial charge >= 0.3 is 12.1 Å². The lowest BCUT2D eigenvalue weighted by atomic mass is 9.91. The number of hydrogen-bond donors (Lipinski definition) is 2. The first-order valence-corrected chi connectivity index (χ1v) is 15.8. The molecule has 0 bridgehead atoms. The quantitative estimate of drug-likeness (QED) is 0.366. The highest BCUT2D eigenvalue weighted by atomic mass is 19.1. The van der Waals surface area contributed by atoms with Crippen LogP contribution >= 0.6 is 0 Å². The number of hydrogen-bond acceptors (Lipinski definition) is 9. The van der Waals surface area contributed by atoms with Crippen LogP contribution < -0.4 is 4.90 Å². The fourth-order valence-electron chi connectivity index (χ4n) is 5.96. The summed E-state index contributed by atoms with van der Waals surface area (Å²) in [5.41, 5.74) is 2.15. The van der Waals surface area contributed by atoms with E-state index in [2.05, 4.69) is 9.80 Å². The molecule has 4 rings (SSSR count). The van der Waals surface area contributed by atoms with Crippen LogP contribution in [0.4, 0.5) is 14.9 Å². The average Bonchev–Trinajstić information content (AvgIpc) is 3.00. The van der Waals surface area contributed by atoms with Crippen molar-refractivity contribution in [2.45, 2.75) is 58.3 Å². The molecule has 0 radical (unpaired) electrons. The topological polar surface area (TPSA) is 112 Å². The van der Waals surface area contributed by atoms with Crippen molar-refractivity contribution < 1.29 is 38.4 Å². The van der Waals surface area contributed by atoms with Crippen LogP contribution in [-0.2, 0) is 19.0 Å². The summed E-state index contributed by atoms with van der Waals surface area (Å²) in [6, 6.07) is 4.91. The number of piperazine rings is 1. The largest absolute Gasteiger partial charge is 0.457 e. The minimum atomic E-state index is -0.882. The Kier molecular flexibility index (Phi) is 12.6. The first-order chi connectivity index (χ1) is 21.1. The van der Waals surface area contributed by atoms with Gasteiger partial charge in [0.15, 0.2) is 0 Å². The Labute approximate surface area is 260 Å². The van der Waals surface area contributed by atoms with Crippen LogP contribution in [0.15, 0.2) is 35.9 Å². The Morgan fingerprint density at radius 3 is 2.50 bits per heavy atom. The van der Waals surface area contributed by atoms with Gasteiger partial charge in [0.1, 0.15) is 18.0 Å². The van der Waals surface area contributed by atoms with Crippen molar-refractivity contribution in [3.05, 3.63) is 47.3 Å². The van der Waals surface area contributed by atoms with E-state index in [-0.39, 0.29) is 30.7 Å². The van der Waals surface area contributed by atoms with E-state index in [1.54, 1.807) is 4.90 Å². The van der Waals surface area contributed by atoms with E-state index in [1.165, 1.54) is 12.1 Å². The van der Waals surface area contributed by atoms with Gasteiger partial charge in [0, 0.05) is 57.4 Å². The lowest BCUT2D eigenvalue weighted by molar-refractivity contribution is -0.151. The number of β-amino-alcohol motifs (C(OH)–C–C–N with tert-alkyl or cyclic N) is 1. The number of nitrogens with zero attached hydrogens (tertiary/aromatic N) is 3. The van der Waals surface area contributed by atoms with Crippen molar-refractivity contribution in [1.29, 1.82) is 0 Å². The number of cyclic esters (lactones) is 1. The predicted octanol–water partition coefficient (Wildman–Crippen LogP) is 3.47. The van der Waals surface area contributed by atoms with E-state index in [0.29, 0.717) is 51.3 Å². The number of aliphatic hydroxyl groups is 2. The summed E-state index contributed by atoms with van der Waals surface area (Å²) in [6.07, 6.45) is 3.90. The monoisotopic (exact) mass is 617 g/mol. The van der Waals surface area contributed by atoms with Crippen molar-refractivity contribution in [3.63, 3.8) is 0 Å². The zero-order valence-electron chi connectivity index (χ0n) is 26.2. The summed E-state index contributed by atoms with van der Waals surface area (Å²) in [5, 5.41) is 19.8. The summed E-state index contributed by atoms with van der Waals surface area (Å²) in [4.78, 5) is 31.7. The maximum atomic E-state index is 14.8. The van der Waals surface area contributed by atoms with Crippen LogP contribution in [-0.4, -0.2) is 116 Å². The minimum Gasteiger partial charge on any atom is -0.457 e. The summed E-state index contributed by atoms with van der Waals surface area (Å²) >= 11 is 0. The second-order valence-corrected chi connectivity index (χ2v) is 12.2. The van der Waals surface area contributed by atoms with E-state index in [0.717, 1.165) is 37.4 Å². The number of ether oxygens (including phenoxy) is 3. The molecule has 2 N–H and O–H groups in total. The molecule has 10 nitrogen and oxygen atoms in total. The maximum absolute atomic E-state index is 14.8. The molecular formula is C33H48FN3O7. The fourth-order valence-corrected chi connectivity index (χ4v) is 5.96. The summed E-state index contributed by atoms with van der Waals surface area (Å²) in [5.74, 6) is -1.24. The Morgan fingerprint density at radius 1 is 1.07 bits per heavy atom. The smallest absolute Gasteiger partial charge is 0.410 e. The van der Waals surface area contributed by atoms with E-state index >= 15 is 0 Å². The van der Waals surface area contributed by atoms with Gasteiger partial charge in [-0.2, -0.15) is 0 Å². The van der Waals surface area contributed by atoms with Crippen molar-refractivity contribution in [2.24, 2.45) is 11.8 Å². The number of halogens is 1. The maximum Gasteiger partial charge on any atom is 0.410 e. The average molecular weight is 618 g/mol. The highest BCUT2D eigenvalue weighted by Crippen LogP contribution is 2.27. The number of benzene rings is 1. The van der Waals surface area contributed by atoms with Crippen molar-refractivity contribution in [1.82, 2.24) is 9.80 Å². The molecule has 3 aliphatic rings. The van der Waals surface area contributed by atoms with Gasteiger partial charge < -0.3 is 34.2 Å². The second-order valence-electron chi connectivity index (χ2n) is 12.2. The molecule has 0 aromatic heterocycles. The van der Waals surface area contributed by atoms with Crippen LogP contribution in [0.5, 0.6) is 0 Å². The number of anilines is 1. The number of carbonyl (C=O) groups excluding carboxylic acids is 2. The molecule has 0 saturated carbocycles. The molecule has 44 heavy (non-hydrogen) atoms. The van der Waals surface area contributed by atoms with Gasteiger partial charge in [0.2, 0.25) is 0 Å². The highest BCUT2D eigenvalue weighted by Gasteiger charge is 2.29. The van der Waals surface area contributed by atoms with Gasteiger partial charge in [-0.15, -0.1) is 0 Å². The third-order valence-electron chi connectivity index (χ3n) is 8.67. The van der Waals surface area contributed by atoms with Crippen molar-refractivity contribution in [3.8, 4) is 0 Å². The number of morpholine rings is 1. The summed E-state index contributed by atoms with van der Waals surface area (Å²) in [6.45, 7) is 11.4. The highest BCUT2D eigenvalue weighted by molar-refractivity contribution is 5.71. The molecule has 1 aromatic rings. The first-order valence-electron chi connectivity index (χ1n) is 15.8. The van der Waals surface area contributed by atoms with Gasteiger partial charge in [-0.05, 0) is 61.1 Å². The normalized spacial score (nSPS) is 28.9. The molecule has 3 heterocycles. The SMILES string of the molecule is C/C(=C\c1cc(F)cc(N2CCN(CCO)CC2)c1)[C@H]1OC(=O)C[C@H](O)CC[C@H](C)[C@@H](OC(=O)N2CCOCC2)/C=C\[C@@H]1C. The van der Waals surface area contributed by atoms with E-state index in [9.17, 15) is 24.2 Å². The van der Waals surface area contributed by atoms with Gasteiger partial charge in [0.25, 0.3) is 0 Å². The number of amides is 1. The summed E-state index contributed by atoms with van der Waals surface area (Å²) in [7, 11) is 0. The standard InChI is InChI=1S/C33H48FN3O7/c1-23-4-6-29(39)22-31(40)44-32(24(2)5-7-30(23)43-33(41)37-13-16-42-17-14-37)25(3)18-26-19-27(34)21-28(20-26)36-10-8-35(9-11-36)12-15-38/h5,7,18-21,23-24,29-30,32,38-39H,4,6,8-17,22H2,1-3H3/b7-5-,25-18+/t23-,24-,29+,30-,32-/m0/s1. The minimum absolute atomic E-state index is 0.0835. The summed E-state index contributed by atoms with van der Waals surface area (Å²) < 4.78 is 32.0. The van der Waals surface area contributed by atoms with Crippen LogP contribution in [0, 0.1) is 17.7 Å². The van der Waals surface area contributed by atoms with Gasteiger partial charge in [-0.25, -0.2) is 9.18 Å². The Bertz CT molecular complexity index is 1160. The molecule has 0 unspecified atom stereocenters. The molecule has 244 valence electrons. The molecular weight excluding hydrogens is 569 g/mol. The van der Waals surface area contributed by atoms with Crippen LogP contribution in [0.1, 0.15) is 45.6 Å². The van der Waals surface area contributed by atoms with Gasteiger partial charge in [-0.3, -0.25) is 9.69 Å². The molecule has 3 aliphatic heterocycles. The molecule has 11 heteroatoms. The van der Waals surface area contributed by atoms with Crippen LogP contribution in [0.25, 0.3) is 6.08 Å². The molecule has 0 spiro atoms. The van der Waals surface area contributed by atoms with Gasteiger partial charge in [-0.1, -0.05) is 26.0 Å². The number of carbonyl (C=O) groups is 2. The molecule has 1 aromatic carbocycles. The molecule has 5 atom stereocenters. The van der Waals surface area contributed by atoms with E-state index in [1.807, 2.05) is 45.1 Å². The molecule has 1 amide bonds. The van der Waals surface area contributed by atoms with Crippen molar-refractivity contribution in [2.75, 3.05) is 70.5 Å².